The summed E-state index contributed by atoms with van der Waals surface area (Å²) in [7, 11) is 1.68. The topological polar surface area (TPSA) is 36.3 Å². The van der Waals surface area contributed by atoms with Gasteiger partial charge in [0, 0.05) is 25.5 Å². The number of rotatable bonds is 6. The number of aryl methyl sites for hydroxylation is 2. The highest BCUT2D eigenvalue weighted by Crippen LogP contribution is 2.27. The zero-order valence-corrected chi connectivity index (χ0v) is 13.1. The van der Waals surface area contributed by atoms with Crippen LogP contribution in [0, 0.1) is 0 Å². The Hall–Kier alpha value is -1.26. The van der Waals surface area contributed by atoms with Crippen molar-refractivity contribution in [2.45, 2.75) is 38.3 Å². The van der Waals surface area contributed by atoms with Crippen molar-refractivity contribution in [3.63, 3.8) is 0 Å². The summed E-state index contributed by atoms with van der Waals surface area (Å²) in [5.41, 5.74) is 2.04. The molecule has 21 heavy (non-hydrogen) atoms. The van der Waals surface area contributed by atoms with E-state index in [4.69, 9.17) is 26.1 Å². The van der Waals surface area contributed by atoms with Crippen LogP contribution in [-0.2, 0) is 17.7 Å². The zero-order chi connectivity index (χ0) is 14.7. The molecule has 5 heteroatoms. The monoisotopic (exact) mass is 308 g/mol. The maximum absolute atomic E-state index is 5.93. The molecule has 1 aliphatic heterocycles. The largest absolute Gasteiger partial charge is 0.494 e. The lowest BCUT2D eigenvalue weighted by Gasteiger charge is -2.12. The van der Waals surface area contributed by atoms with E-state index in [0.717, 1.165) is 48.6 Å². The summed E-state index contributed by atoms with van der Waals surface area (Å²) in [6.45, 7) is 1.82. The zero-order valence-electron chi connectivity index (χ0n) is 12.3. The predicted molar refractivity (Wildman–Crippen MR) is 84.3 cm³/mol. The van der Waals surface area contributed by atoms with Crippen molar-refractivity contribution in [2.24, 2.45) is 0 Å². The van der Waals surface area contributed by atoms with Crippen LogP contribution in [0.2, 0.25) is 0 Å². The molecule has 1 aromatic heterocycles. The van der Waals surface area contributed by atoms with Crippen LogP contribution in [0.3, 0.4) is 0 Å². The highest BCUT2D eigenvalue weighted by Gasteiger charge is 2.18. The standard InChI is InChI=1S/C16H21ClN2O2/c1-20-14-6-2-5-13-16(14)18-15(7-9-17)19(13)10-8-12-4-3-11-21-12/h2,5-6,12H,3-4,7-11H2,1H3. The summed E-state index contributed by atoms with van der Waals surface area (Å²) in [5, 5.41) is 0. The van der Waals surface area contributed by atoms with Crippen molar-refractivity contribution in [3.05, 3.63) is 24.0 Å². The lowest BCUT2D eigenvalue weighted by atomic mass is 10.2. The van der Waals surface area contributed by atoms with Gasteiger partial charge in [-0.3, -0.25) is 0 Å². The minimum absolute atomic E-state index is 0.386. The number of hydrogen-bond donors (Lipinski definition) is 0. The molecule has 2 heterocycles. The van der Waals surface area contributed by atoms with Crippen molar-refractivity contribution in [2.75, 3.05) is 19.6 Å². The van der Waals surface area contributed by atoms with Gasteiger partial charge in [0.1, 0.15) is 17.1 Å². The molecule has 0 amide bonds. The van der Waals surface area contributed by atoms with E-state index in [0.29, 0.717) is 12.0 Å². The van der Waals surface area contributed by atoms with Crippen LogP contribution in [-0.4, -0.2) is 35.3 Å². The van der Waals surface area contributed by atoms with E-state index < -0.39 is 0 Å². The average molecular weight is 309 g/mol. The smallest absolute Gasteiger partial charge is 0.146 e. The third kappa shape index (κ3) is 3.01. The molecule has 0 radical (unpaired) electrons. The van der Waals surface area contributed by atoms with Crippen molar-refractivity contribution in [3.8, 4) is 5.75 Å². The fourth-order valence-electron chi connectivity index (χ4n) is 3.00. The number of aromatic nitrogens is 2. The average Bonchev–Trinajstić information content (AvgIpc) is 3.12. The molecule has 0 saturated carbocycles. The van der Waals surface area contributed by atoms with Gasteiger partial charge in [-0.05, 0) is 31.4 Å². The van der Waals surface area contributed by atoms with E-state index in [1.165, 1.54) is 12.8 Å². The highest BCUT2D eigenvalue weighted by molar-refractivity contribution is 6.17. The van der Waals surface area contributed by atoms with Gasteiger partial charge in [0.05, 0.1) is 18.7 Å². The van der Waals surface area contributed by atoms with Crippen LogP contribution >= 0.6 is 11.6 Å². The maximum atomic E-state index is 5.93. The van der Waals surface area contributed by atoms with Crippen LogP contribution in [0.25, 0.3) is 11.0 Å². The van der Waals surface area contributed by atoms with Crippen LogP contribution < -0.4 is 4.74 Å². The third-order valence-electron chi connectivity index (χ3n) is 4.06. The van der Waals surface area contributed by atoms with E-state index in [1.54, 1.807) is 7.11 Å². The van der Waals surface area contributed by atoms with Gasteiger partial charge in [-0.1, -0.05) is 6.07 Å². The molecule has 1 aliphatic rings. The van der Waals surface area contributed by atoms with Crippen LogP contribution in [0.1, 0.15) is 25.1 Å². The molecule has 0 bridgehead atoms. The number of fused-ring (bicyclic) bond motifs is 1. The second kappa shape index (κ2) is 6.67. The van der Waals surface area contributed by atoms with Gasteiger partial charge in [0.25, 0.3) is 0 Å². The number of nitrogens with zero attached hydrogens (tertiary/aromatic N) is 2. The second-order valence-electron chi connectivity index (χ2n) is 5.37. The minimum Gasteiger partial charge on any atom is -0.494 e. The first-order chi connectivity index (χ1) is 10.3. The maximum Gasteiger partial charge on any atom is 0.146 e. The molecule has 1 unspecified atom stereocenters. The Kier molecular flexibility index (Phi) is 4.66. The van der Waals surface area contributed by atoms with Gasteiger partial charge in [0.2, 0.25) is 0 Å². The fraction of sp³-hybridized carbons (Fsp3) is 0.562. The van der Waals surface area contributed by atoms with Crippen molar-refractivity contribution in [1.29, 1.82) is 0 Å². The van der Waals surface area contributed by atoms with E-state index >= 15 is 0 Å². The SMILES string of the molecule is COc1cccc2c1nc(CCCl)n2CCC1CCCO1. The lowest BCUT2D eigenvalue weighted by molar-refractivity contribution is 0.100. The number of methoxy groups -OCH3 is 1. The Morgan fingerprint density at radius 1 is 1.48 bits per heavy atom. The summed E-state index contributed by atoms with van der Waals surface area (Å²) in [4.78, 5) is 4.73. The van der Waals surface area contributed by atoms with Gasteiger partial charge in [0.15, 0.2) is 0 Å². The Morgan fingerprint density at radius 2 is 2.38 bits per heavy atom. The molecular formula is C16H21ClN2O2. The lowest BCUT2D eigenvalue weighted by Crippen LogP contribution is -2.12. The van der Waals surface area contributed by atoms with Gasteiger partial charge in [-0.15, -0.1) is 11.6 Å². The molecule has 0 N–H and O–H groups in total. The summed E-state index contributed by atoms with van der Waals surface area (Å²) >= 11 is 5.93. The number of benzene rings is 1. The first-order valence-corrected chi connectivity index (χ1v) is 8.06. The summed E-state index contributed by atoms with van der Waals surface area (Å²) < 4.78 is 13.4. The van der Waals surface area contributed by atoms with Crippen molar-refractivity contribution < 1.29 is 9.47 Å². The molecule has 1 atom stereocenters. The Balaban J connectivity index is 1.91. The third-order valence-corrected chi connectivity index (χ3v) is 4.25. The Labute approximate surface area is 130 Å². The molecule has 1 saturated heterocycles. The molecule has 1 fully saturated rings. The highest BCUT2D eigenvalue weighted by atomic mass is 35.5. The first-order valence-electron chi connectivity index (χ1n) is 7.53. The summed E-state index contributed by atoms with van der Waals surface area (Å²) in [5.74, 6) is 2.42. The molecule has 3 rings (SSSR count). The van der Waals surface area contributed by atoms with Crippen molar-refractivity contribution in [1.82, 2.24) is 9.55 Å². The normalized spacial score (nSPS) is 18.5. The molecule has 0 spiro atoms. The van der Waals surface area contributed by atoms with E-state index in [9.17, 15) is 0 Å². The van der Waals surface area contributed by atoms with Crippen molar-refractivity contribution >= 4 is 22.6 Å². The van der Waals surface area contributed by atoms with E-state index in [2.05, 4.69) is 10.6 Å². The Morgan fingerprint density at radius 3 is 3.10 bits per heavy atom. The first kappa shape index (κ1) is 14.7. The van der Waals surface area contributed by atoms with E-state index in [1.807, 2.05) is 12.1 Å². The molecule has 2 aromatic rings. The fourth-order valence-corrected chi connectivity index (χ4v) is 3.17. The number of para-hydroxylation sites is 1. The van der Waals surface area contributed by atoms with Gasteiger partial charge in [-0.2, -0.15) is 0 Å². The van der Waals surface area contributed by atoms with Gasteiger partial charge >= 0.3 is 0 Å². The van der Waals surface area contributed by atoms with Crippen LogP contribution in [0.4, 0.5) is 0 Å². The quantitative estimate of drug-likeness (QED) is 0.767. The molecular weight excluding hydrogens is 288 g/mol. The van der Waals surface area contributed by atoms with Crippen LogP contribution in [0.15, 0.2) is 18.2 Å². The predicted octanol–water partition coefficient (Wildman–Crippen LogP) is 3.40. The number of halogens is 1. The summed E-state index contributed by atoms with van der Waals surface area (Å²) in [6, 6.07) is 6.05. The van der Waals surface area contributed by atoms with Gasteiger partial charge < -0.3 is 14.0 Å². The molecule has 114 valence electrons. The molecule has 1 aromatic carbocycles. The molecule has 0 aliphatic carbocycles. The Bertz CT molecular complexity index is 606. The van der Waals surface area contributed by atoms with Gasteiger partial charge in [-0.25, -0.2) is 4.98 Å². The van der Waals surface area contributed by atoms with E-state index in [-0.39, 0.29) is 0 Å². The summed E-state index contributed by atoms with van der Waals surface area (Å²) in [6.07, 6.45) is 4.53. The van der Waals surface area contributed by atoms with Crippen LogP contribution in [0.5, 0.6) is 5.75 Å². The number of hydrogen-bond acceptors (Lipinski definition) is 3. The number of imidazole rings is 1. The number of alkyl halides is 1. The number of ether oxygens (including phenoxy) is 2. The second-order valence-corrected chi connectivity index (χ2v) is 5.75. The minimum atomic E-state index is 0.386. The molecule has 4 nitrogen and oxygen atoms in total.